The summed E-state index contributed by atoms with van der Waals surface area (Å²) in [6, 6.07) is 13.2. The molecule has 1 saturated heterocycles. The molecule has 0 aromatic heterocycles. The van der Waals surface area contributed by atoms with Crippen molar-refractivity contribution in [2.75, 3.05) is 45.4 Å². The van der Waals surface area contributed by atoms with Crippen molar-refractivity contribution in [3.05, 3.63) is 59.7 Å². The molecule has 2 aromatic rings. The van der Waals surface area contributed by atoms with Gasteiger partial charge in [-0.1, -0.05) is 18.2 Å². The highest BCUT2D eigenvalue weighted by Gasteiger charge is 2.12. The van der Waals surface area contributed by atoms with Crippen LogP contribution in [0.4, 0.5) is 5.69 Å². The molecule has 3 rings (SSSR count). The smallest absolute Gasteiger partial charge is 0.185 e. The van der Waals surface area contributed by atoms with Gasteiger partial charge in [0.05, 0.1) is 27.4 Å². The van der Waals surface area contributed by atoms with Gasteiger partial charge in [0.2, 0.25) is 0 Å². The normalized spacial score (nSPS) is 14.5. The predicted octanol–water partition coefficient (Wildman–Crippen LogP) is 3.44. The van der Waals surface area contributed by atoms with Gasteiger partial charge in [0.1, 0.15) is 11.5 Å². The van der Waals surface area contributed by atoms with Crippen LogP contribution in [0.5, 0.6) is 11.5 Å². The third-order valence-electron chi connectivity index (χ3n) is 4.31. The van der Waals surface area contributed by atoms with E-state index in [9.17, 15) is 4.79 Å². The molecule has 0 spiro atoms. The highest BCUT2D eigenvalue weighted by Crippen LogP contribution is 2.24. The lowest BCUT2D eigenvalue weighted by Crippen LogP contribution is -2.36. The minimum absolute atomic E-state index is 0.0399. The fraction of sp³-hybridized carbons (Fsp3) is 0.286. The topological polar surface area (TPSA) is 48.0 Å². The molecule has 0 radical (unpaired) electrons. The molecule has 2 aromatic carbocycles. The summed E-state index contributed by atoms with van der Waals surface area (Å²) in [5.41, 5.74) is 2.56. The molecule has 0 unspecified atom stereocenters. The lowest BCUT2D eigenvalue weighted by atomic mass is 10.1. The van der Waals surface area contributed by atoms with Crippen molar-refractivity contribution in [3.8, 4) is 11.5 Å². The van der Waals surface area contributed by atoms with E-state index in [0.717, 1.165) is 37.6 Å². The average molecular weight is 353 g/mol. The maximum atomic E-state index is 12.6. The van der Waals surface area contributed by atoms with E-state index < -0.39 is 0 Å². The lowest BCUT2D eigenvalue weighted by molar-refractivity contribution is 0.104. The van der Waals surface area contributed by atoms with Crippen LogP contribution in [0.2, 0.25) is 0 Å². The van der Waals surface area contributed by atoms with Gasteiger partial charge in [0.25, 0.3) is 0 Å². The van der Waals surface area contributed by atoms with Crippen LogP contribution in [0.3, 0.4) is 0 Å². The molecule has 0 aliphatic carbocycles. The number of anilines is 1. The monoisotopic (exact) mass is 353 g/mol. The molecule has 5 nitrogen and oxygen atoms in total. The number of carbonyl (C=O) groups is 1. The van der Waals surface area contributed by atoms with E-state index in [0.29, 0.717) is 17.1 Å². The van der Waals surface area contributed by atoms with Crippen molar-refractivity contribution in [2.24, 2.45) is 0 Å². The SMILES string of the molecule is COc1cc(/C=C/C(=O)c2cccc(N3CCOCC3)c2)cc(OC)c1. The first kappa shape index (κ1) is 18.0. The standard InChI is InChI=1S/C21H23NO4/c1-24-19-12-16(13-20(15-19)25-2)6-7-21(23)17-4-3-5-18(14-17)22-8-10-26-11-9-22/h3-7,12-15H,8-11H2,1-2H3/b7-6+. The number of benzene rings is 2. The Bertz CT molecular complexity index is 772. The lowest BCUT2D eigenvalue weighted by Gasteiger charge is -2.29. The van der Waals surface area contributed by atoms with E-state index in [1.165, 1.54) is 0 Å². The van der Waals surface area contributed by atoms with Gasteiger partial charge < -0.3 is 19.1 Å². The second-order valence-corrected chi connectivity index (χ2v) is 5.99. The number of ether oxygens (including phenoxy) is 3. The molecule has 1 aliphatic rings. The molecule has 136 valence electrons. The van der Waals surface area contributed by atoms with Crippen molar-refractivity contribution < 1.29 is 19.0 Å². The van der Waals surface area contributed by atoms with Crippen molar-refractivity contribution >= 4 is 17.5 Å². The summed E-state index contributed by atoms with van der Waals surface area (Å²) in [7, 11) is 3.20. The third kappa shape index (κ3) is 4.43. The van der Waals surface area contributed by atoms with Crippen LogP contribution < -0.4 is 14.4 Å². The first-order chi connectivity index (χ1) is 12.7. The molecule has 1 fully saturated rings. The van der Waals surface area contributed by atoms with Crippen LogP contribution in [0.15, 0.2) is 48.5 Å². The molecule has 0 atom stereocenters. The van der Waals surface area contributed by atoms with E-state index in [1.807, 2.05) is 36.4 Å². The molecular weight excluding hydrogens is 330 g/mol. The van der Waals surface area contributed by atoms with E-state index in [2.05, 4.69) is 4.90 Å². The van der Waals surface area contributed by atoms with Gasteiger partial charge in [-0.05, 0) is 35.9 Å². The number of rotatable bonds is 6. The first-order valence-corrected chi connectivity index (χ1v) is 8.58. The maximum Gasteiger partial charge on any atom is 0.185 e. The molecule has 0 amide bonds. The Labute approximate surface area is 153 Å². The Morgan fingerprint density at radius 2 is 1.73 bits per heavy atom. The molecular formula is C21H23NO4. The third-order valence-corrected chi connectivity index (χ3v) is 4.31. The Morgan fingerprint density at radius 3 is 2.38 bits per heavy atom. The minimum atomic E-state index is -0.0399. The highest BCUT2D eigenvalue weighted by atomic mass is 16.5. The van der Waals surface area contributed by atoms with Crippen molar-refractivity contribution in [1.82, 2.24) is 0 Å². The summed E-state index contributed by atoms with van der Waals surface area (Å²) in [5.74, 6) is 1.33. The van der Waals surface area contributed by atoms with E-state index in [-0.39, 0.29) is 5.78 Å². The van der Waals surface area contributed by atoms with E-state index in [1.54, 1.807) is 32.4 Å². The van der Waals surface area contributed by atoms with Crippen LogP contribution >= 0.6 is 0 Å². The number of allylic oxidation sites excluding steroid dienone is 1. The van der Waals surface area contributed by atoms with Crippen molar-refractivity contribution in [2.45, 2.75) is 0 Å². The summed E-state index contributed by atoms with van der Waals surface area (Å²) in [6.45, 7) is 3.12. The fourth-order valence-electron chi connectivity index (χ4n) is 2.87. The molecule has 1 heterocycles. The summed E-state index contributed by atoms with van der Waals surface area (Å²) < 4.78 is 15.9. The van der Waals surface area contributed by atoms with Crippen molar-refractivity contribution in [1.29, 1.82) is 0 Å². The Kier molecular flexibility index (Phi) is 5.92. The van der Waals surface area contributed by atoms with Gasteiger partial charge in [-0.15, -0.1) is 0 Å². The largest absolute Gasteiger partial charge is 0.497 e. The Morgan fingerprint density at radius 1 is 1.04 bits per heavy atom. The zero-order valence-corrected chi connectivity index (χ0v) is 15.1. The number of hydrogen-bond acceptors (Lipinski definition) is 5. The number of nitrogens with zero attached hydrogens (tertiary/aromatic N) is 1. The van der Waals surface area contributed by atoms with Gasteiger partial charge in [-0.3, -0.25) is 4.79 Å². The molecule has 0 bridgehead atoms. The van der Waals surface area contributed by atoms with Crippen molar-refractivity contribution in [3.63, 3.8) is 0 Å². The maximum absolute atomic E-state index is 12.6. The van der Waals surface area contributed by atoms with Gasteiger partial charge in [-0.25, -0.2) is 0 Å². The molecule has 0 N–H and O–H groups in total. The quantitative estimate of drug-likeness (QED) is 0.588. The van der Waals surface area contributed by atoms with Crippen LogP contribution in [0.1, 0.15) is 15.9 Å². The van der Waals surface area contributed by atoms with Gasteiger partial charge in [-0.2, -0.15) is 0 Å². The number of ketones is 1. The Balaban J connectivity index is 1.76. The highest BCUT2D eigenvalue weighted by molar-refractivity contribution is 6.07. The zero-order valence-electron chi connectivity index (χ0n) is 15.1. The van der Waals surface area contributed by atoms with Gasteiger partial charge in [0.15, 0.2) is 5.78 Å². The van der Waals surface area contributed by atoms with Crippen LogP contribution in [0.25, 0.3) is 6.08 Å². The predicted molar refractivity (Wildman–Crippen MR) is 102 cm³/mol. The number of methoxy groups -OCH3 is 2. The minimum Gasteiger partial charge on any atom is -0.497 e. The van der Waals surface area contributed by atoms with Crippen LogP contribution in [-0.2, 0) is 4.74 Å². The number of hydrogen-bond donors (Lipinski definition) is 0. The molecule has 26 heavy (non-hydrogen) atoms. The molecule has 5 heteroatoms. The summed E-state index contributed by atoms with van der Waals surface area (Å²) >= 11 is 0. The van der Waals surface area contributed by atoms with Gasteiger partial charge >= 0.3 is 0 Å². The summed E-state index contributed by atoms with van der Waals surface area (Å²) in [6.07, 6.45) is 3.35. The van der Waals surface area contributed by atoms with Gasteiger partial charge in [0, 0.05) is 30.4 Å². The summed E-state index contributed by atoms with van der Waals surface area (Å²) in [5, 5.41) is 0. The number of morpholine rings is 1. The van der Waals surface area contributed by atoms with E-state index in [4.69, 9.17) is 14.2 Å². The second kappa shape index (κ2) is 8.54. The molecule has 1 aliphatic heterocycles. The van der Waals surface area contributed by atoms with E-state index >= 15 is 0 Å². The van der Waals surface area contributed by atoms with Crippen LogP contribution in [-0.4, -0.2) is 46.3 Å². The number of carbonyl (C=O) groups excluding carboxylic acids is 1. The Hall–Kier alpha value is -2.79. The zero-order chi connectivity index (χ0) is 18.4. The molecule has 0 saturated carbocycles. The summed E-state index contributed by atoms with van der Waals surface area (Å²) in [4.78, 5) is 14.8. The second-order valence-electron chi connectivity index (χ2n) is 5.99. The first-order valence-electron chi connectivity index (χ1n) is 8.58. The van der Waals surface area contributed by atoms with Crippen LogP contribution in [0, 0.1) is 0 Å². The average Bonchev–Trinajstić information content (AvgIpc) is 2.72. The fourth-order valence-corrected chi connectivity index (χ4v) is 2.87.